The summed E-state index contributed by atoms with van der Waals surface area (Å²) in [5.74, 6) is 0.228. The molecule has 2 N–H and O–H groups in total. The first-order valence-corrected chi connectivity index (χ1v) is 13.3. The lowest BCUT2D eigenvalue weighted by atomic mass is 9.86. The second-order valence-electron chi connectivity index (χ2n) is 12.1. The quantitative estimate of drug-likeness (QED) is 0.308. The topological polar surface area (TPSA) is 125 Å². The smallest absolute Gasteiger partial charge is 0.414 e. The van der Waals surface area contributed by atoms with Crippen molar-refractivity contribution < 1.29 is 19.1 Å². The summed E-state index contributed by atoms with van der Waals surface area (Å²) in [5, 5.41) is 13.8. The molecule has 4 aromatic rings. The van der Waals surface area contributed by atoms with Crippen molar-refractivity contribution in [3.63, 3.8) is 0 Å². The average Bonchev–Trinajstić information content (AvgIpc) is 3.59. The molecule has 0 aliphatic heterocycles. The number of benzene rings is 2. The number of aromatic nitrogens is 5. The number of imidazole rings is 1. The fourth-order valence-electron chi connectivity index (χ4n) is 4.02. The summed E-state index contributed by atoms with van der Waals surface area (Å²) in [6.45, 7) is 14.7. The van der Waals surface area contributed by atoms with Crippen LogP contribution in [0.25, 0.3) is 11.4 Å². The largest absolute Gasteiger partial charge is 0.492 e. The number of nitrogens with one attached hydrogen (secondary N) is 2. The van der Waals surface area contributed by atoms with Gasteiger partial charge >= 0.3 is 6.09 Å². The van der Waals surface area contributed by atoms with Crippen LogP contribution >= 0.6 is 0 Å². The van der Waals surface area contributed by atoms with Crippen LogP contribution in [-0.4, -0.2) is 50.2 Å². The van der Waals surface area contributed by atoms with Crippen molar-refractivity contribution in [3.8, 4) is 23.0 Å². The summed E-state index contributed by atoms with van der Waals surface area (Å²) in [4.78, 5) is 29.8. The summed E-state index contributed by atoms with van der Waals surface area (Å²) in [6, 6.07) is 9.23. The van der Waals surface area contributed by atoms with Gasteiger partial charge in [-0.3, -0.25) is 4.79 Å². The molecule has 0 aliphatic rings. The van der Waals surface area contributed by atoms with Crippen molar-refractivity contribution in [2.45, 2.75) is 53.9 Å². The van der Waals surface area contributed by atoms with E-state index in [2.05, 4.69) is 46.7 Å². The van der Waals surface area contributed by atoms with Crippen LogP contribution in [0.15, 0.2) is 55.2 Å². The van der Waals surface area contributed by atoms with Crippen LogP contribution in [0, 0.1) is 12.3 Å². The molecule has 0 unspecified atom stereocenters. The second-order valence-corrected chi connectivity index (χ2v) is 12.1. The van der Waals surface area contributed by atoms with E-state index in [1.165, 1.54) is 10.9 Å². The lowest BCUT2D eigenvalue weighted by Crippen LogP contribution is -2.34. The fourth-order valence-corrected chi connectivity index (χ4v) is 4.02. The Morgan fingerprint density at radius 1 is 1.02 bits per heavy atom. The van der Waals surface area contributed by atoms with Crippen LogP contribution in [0.1, 0.15) is 63.0 Å². The molecule has 0 spiro atoms. The Balaban J connectivity index is 1.60. The van der Waals surface area contributed by atoms with Crippen LogP contribution in [0.5, 0.6) is 11.6 Å². The van der Waals surface area contributed by atoms with Crippen LogP contribution in [0.3, 0.4) is 0 Å². The Labute approximate surface area is 239 Å². The van der Waals surface area contributed by atoms with Crippen LogP contribution < -0.4 is 20.1 Å². The maximum Gasteiger partial charge on any atom is 0.414 e. The van der Waals surface area contributed by atoms with Gasteiger partial charge in [0, 0.05) is 24.5 Å². The minimum absolute atomic E-state index is 0.0430. The maximum atomic E-state index is 13.5. The number of anilines is 1. The molecular weight excluding hydrogens is 522 g/mol. The third kappa shape index (κ3) is 7.10. The van der Waals surface area contributed by atoms with Gasteiger partial charge in [0.15, 0.2) is 5.75 Å². The molecule has 11 heteroatoms. The van der Waals surface area contributed by atoms with Crippen molar-refractivity contribution in [1.82, 2.24) is 29.9 Å². The van der Waals surface area contributed by atoms with Gasteiger partial charge < -0.3 is 24.7 Å². The van der Waals surface area contributed by atoms with Crippen molar-refractivity contribution >= 4 is 17.7 Å². The van der Waals surface area contributed by atoms with Gasteiger partial charge in [0.2, 0.25) is 0 Å². The summed E-state index contributed by atoms with van der Waals surface area (Å²) >= 11 is 0. The lowest BCUT2D eigenvalue weighted by molar-refractivity contribution is 0.102. The second kappa shape index (κ2) is 11.4. The highest BCUT2D eigenvalue weighted by Crippen LogP contribution is 2.37. The molecular formula is C30H37N7O4. The first kappa shape index (κ1) is 29.3. The van der Waals surface area contributed by atoms with E-state index in [4.69, 9.17) is 9.47 Å². The molecule has 4 rings (SSSR count). The first-order chi connectivity index (χ1) is 19.2. The molecule has 216 valence electrons. The van der Waals surface area contributed by atoms with Gasteiger partial charge in [0.25, 0.3) is 11.8 Å². The number of methoxy groups -OCH3 is 1. The van der Waals surface area contributed by atoms with Gasteiger partial charge in [-0.1, -0.05) is 57.9 Å². The van der Waals surface area contributed by atoms with Crippen LogP contribution in [-0.2, 0) is 5.41 Å². The van der Waals surface area contributed by atoms with Crippen LogP contribution in [0.4, 0.5) is 10.5 Å². The van der Waals surface area contributed by atoms with E-state index < -0.39 is 6.09 Å². The number of carbonyl (C=O) groups is 2. The van der Waals surface area contributed by atoms with Gasteiger partial charge in [-0.25, -0.2) is 14.5 Å². The number of aryl methyl sites for hydroxylation is 1. The zero-order valence-corrected chi connectivity index (χ0v) is 24.8. The molecule has 2 aromatic carbocycles. The molecule has 0 radical (unpaired) electrons. The van der Waals surface area contributed by atoms with Crippen LogP contribution in [0.2, 0.25) is 0 Å². The standard InChI is InChI=1S/C30H37N7O4/c1-19-9-10-20(13-23(19)37-16-25(34-35-37)41-28(39)32-17-29(2,3)4)27(38)33-22-14-21(30(5,6)7)15-24(26(22)40-8)36-12-11-31-18-36/h9-16,18H,17H2,1-8H3,(H,32,39)(H,33,38). The first-order valence-electron chi connectivity index (χ1n) is 13.3. The molecule has 0 saturated carbocycles. The highest BCUT2D eigenvalue weighted by Gasteiger charge is 2.22. The van der Waals surface area contributed by atoms with E-state index >= 15 is 0 Å². The SMILES string of the molecule is COc1c(NC(=O)c2ccc(C)c(-n3cc(OC(=O)NCC(C)(C)C)nn3)c2)cc(C(C)(C)C)cc1-n1ccnc1. The highest BCUT2D eigenvalue weighted by atomic mass is 16.6. The lowest BCUT2D eigenvalue weighted by Gasteiger charge is -2.24. The summed E-state index contributed by atoms with van der Waals surface area (Å²) in [7, 11) is 1.57. The van der Waals surface area contributed by atoms with E-state index in [-0.39, 0.29) is 22.6 Å². The van der Waals surface area contributed by atoms with Crippen molar-refractivity contribution in [2.75, 3.05) is 19.0 Å². The predicted octanol–water partition coefficient (Wildman–Crippen LogP) is 5.45. The summed E-state index contributed by atoms with van der Waals surface area (Å²) in [5.41, 5.74) is 3.91. The molecule has 2 aromatic heterocycles. The van der Waals surface area contributed by atoms with Crippen molar-refractivity contribution in [2.24, 2.45) is 5.41 Å². The fraction of sp³-hybridized carbons (Fsp3) is 0.367. The zero-order chi connectivity index (χ0) is 29.9. The van der Waals surface area contributed by atoms with Gasteiger partial charge in [-0.15, -0.1) is 0 Å². The molecule has 0 fully saturated rings. The summed E-state index contributed by atoms with van der Waals surface area (Å²) in [6.07, 6.45) is 6.08. The maximum absolute atomic E-state index is 13.5. The molecule has 2 amide bonds. The van der Waals surface area contributed by atoms with Crippen molar-refractivity contribution in [3.05, 3.63) is 71.9 Å². The average molecular weight is 560 g/mol. The Hall–Kier alpha value is -4.67. The van der Waals surface area contributed by atoms with Gasteiger partial charge in [0.05, 0.1) is 36.7 Å². The number of amides is 2. The number of rotatable bonds is 7. The third-order valence-corrected chi connectivity index (χ3v) is 6.32. The van der Waals surface area contributed by atoms with Gasteiger partial charge in [0.1, 0.15) is 0 Å². The zero-order valence-electron chi connectivity index (χ0n) is 24.8. The van der Waals surface area contributed by atoms with Gasteiger partial charge in [-0.05, 0) is 53.1 Å². The molecule has 0 aliphatic carbocycles. The van der Waals surface area contributed by atoms with E-state index in [0.717, 1.165) is 16.8 Å². The highest BCUT2D eigenvalue weighted by molar-refractivity contribution is 6.06. The molecule has 0 saturated heterocycles. The monoisotopic (exact) mass is 559 g/mol. The van der Waals surface area contributed by atoms with Gasteiger partial charge in [-0.2, -0.15) is 0 Å². The normalized spacial score (nSPS) is 11.7. The minimum Gasteiger partial charge on any atom is -0.492 e. The Bertz CT molecular complexity index is 1540. The number of hydrogen-bond donors (Lipinski definition) is 2. The number of hydrogen-bond acceptors (Lipinski definition) is 7. The molecule has 0 bridgehead atoms. The van der Waals surface area contributed by atoms with E-state index in [9.17, 15) is 9.59 Å². The van der Waals surface area contributed by atoms with E-state index in [0.29, 0.717) is 29.2 Å². The minimum atomic E-state index is -0.613. The Kier molecular flexibility index (Phi) is 8.18. The molecule has 41 heavy (non-hydrogen) atoms. The third-order valence-electron chi connectivity index (χ3n) is 6.32. The number of ether oxygens (including phenoxy) is 2. The Morgan fingerprint density at radius 2 is 1.78 bits per heavy atom. The Morgan fingerprint density at radius 3 is 2.41 bits per heavy atom. The molecule has 2 heterocycles. The molecule has 0 atom stereocenters. The van der Waals surface area contributed by atoms with E-state index in [1.807, 2.05) is 56.7 Å². The summed E-state index contributed by atoms with van der Waals surface area (Å²) < 4.78 is 14.3. The van der Waals surface area contributed by atoms with Crippen molar-refractivity contribution in [1.29, 1.82) is 0 Å². The predicted molar refractivity (Wildman–Crippen MR) is 156 cm³/mol. The number of carbonyl (C=O) groups excluding carboxylic acids is 2. The number of nitrogens with zero attached hydrogens (tertiary/aromatic N) is 5. The van der Waals surface area contributed by atoms with E-state index in [1.54, 1.807) is 31.8 Å². The molecule has 11 nitrogen and oxygen atoms in total.